The van der Waals surface area contributed by atoms with Crippen LogP contribution in [0.4, 0.5) is 0 Å². The summed E-state index contributed by atoms with van der Waals surface area (Å²) in [6, 6.07) is 10.5. The number of amides is 1. The normalized spacial score (nSPS) is 17.8. The summed E-state index contributed by atoms with van der Waals surface area (Å²) in [6.45, 7) is 7.77. The van der Waals surface area contributed by atoms with E-state index >= 15 is 0 Å². The SMILES string of the molecule is COc1ccc(-c2cc(C(C)=O)c(C)n2CCC(=O)N2CCN(C3CCCCC3)CC2)cc1. The molecule has 1 saturated heterocycles. The predicted molar refractivity (Wildman–Crippen MR) is 131 cm³/mol. The standard InChI is InChI=1S/C27H37N3O3/c1-20-25(21(2)31)19-26(22-9-11-24(33-3)12-10-22)30(20)14-13-27(32)29-17-15-28(16-18-29)23-7-5-4-6-8-23/h9-12,19,23H,4-8,13-18H2,1-3H3. The Balaban J connectivity index is 1.42. The number of ether oxygens (including phenoxy) is 1. The molecule has 178 valence electrons. The summed E-state index contributed by atoms with van der Waals surface area (Å²) >= 11 is 0. The molecule has 1 aliphatic heterocycles. The summed E-state index contributed by atoms with van der Waals surface area (Å²) in [6.07, 6.45) is 7.13. The van der Waals surface area contributed by atoms with Crippen molar-refractivity contribution in [3.63, 3.8) is 0 Å². The van der Waals surface area contributed by atoms with Crippen LogP contribution in [0.3, 0.4) is 0 Å². The van der Waals surface area contributed by atoms with E-state index in [-0.39, 0.29) is 11.7 Å². The van der Waals surface area contributed by atoms with Crippen LogP contribution in [0.25, 0.3) is 11.3 Å². The Morgan fingerprint density at radius 3 is 2.27 bits per heavy atom. The maximum absolute atomic E-state index is 13.0. The Labute approximate surface area is 197 Å². The van der Waals surface area contributed by atoms with Crippen molar-refractivity contribution < 1.29 is 14.3 Å². The molecule has 2 aromatic rings. The molecule has 1 aromatic heterocycles. The highest BCUT2D eigenvalue weighted by molar-refractivity contribution is 5.96. The van der Waals surface area contributed by atoms with Crippen LogP contribution in [0.5, 0.6) is 5.75 Å². The molecule has 0 N–H and O–H groups in total. The van der Waals surface area contributed by atoms with Crippen molar-refractivity contribution >= 4 is 11.7 Å². The van der Waals surface area contributed by atoms with Gasteiger partial charge in [-0.05, 0) is 62.6 Å². The van der Waals surface area contributed by atoms with Crippen molar-refractivity contribution in [1.82, 2.24) is 14.4 Å². The minimum atomic E-state index is 0.0474. The zero-order valence-electron chi connectivity index (χ0n) is 20.3. The molecule has 4 rings (SSSR count). The predicted octanol–water partition coefficient (Wildman–Crippen LogP) is 4.54. The van der Waals surface area contributed by atoms with Crippen LogP contribution in [-0.2, 0) is 11.3 Å². The van der Waals surface area contributed by atoms with E-state index in [4.69, 9.17) is 4.74 Å². The van der Waals surface area contributed by atoms with Crippen LogP contribution in [0.15, 0.2) is 30.3 Å². The van der Waals surface area contributed by atoms with Crippen molar-refractivity contribution in [1.29, 1.82) is 0 Å². The Hall–Kier alpha value is -2.60. The number of aromatic nitrogens is 1. The summed E-state index contributed by atoms with van der Waals surface area (Å²) in [5.41, 5.74) is 3.62. The van der Waals surface area contributed by atoms with Gasteiger partial charge in [0.15, 0.2) is 5.78 Å². The fourth-order valence-electron chi connectivity index (χ4n) is 5.44. The molecule has 0 atom stereocenters. The van der Waals surface area contributed by atoms with Crippen LogP contribution in [-0.4, -0.2) is 65.4 Å². The lowest BCUT2D eigenvalue weighted by Gasteiger charge is -2.40. The average Bonchev–Trinajstić information content (AvgIpc) is 3.19. The number of nitrogens with zero attached hydrogens (tertiary/aromatic N) is 3. The van der Waals surface area contributed by atoms with Gasteiger partial charge in [-0.3, -0.25) is 14.5 Å². The van der Waals surface area contributed by atoms with E-state index < -0.39 is 0 Å². The molecule has 2 aliphatic rings. The Morgan fingerprint density at radius 2 is 1.67 bits per heavy atom. The van der Waals surface area contributed by atoms with E-state index in [2.05, 4.69) is 9.47 Å². The zero-order chi connectivity index (χ0) is 23.4. The summed E-state index contributed by atoms with van der Waals surface area (Å²) in [5.74, 6) is 1.05. The van der Waals surface area contributed by atoms with E-state index in [0.29, 0.717) is 13.0 Å². The third kappa shape index (κ3) is 5.32. The number of hydrogen-bond donors (Lipinski definition) is 0. The van der Waals surface area contributed by atoms with Gasteiger partial charge >= 0.3 is 0 Å². The lowest BCUT2D eigenvalue weighted by molar-refractivity contribution is -0.133. The van der Waals surface area contributed by atoms with Crippen molar-refractivity contribution in [2.24, 2.45) is 0 Å². The number of ketones is 1. The molecule has 1 saturated carbocycles. The second-order valence-electron chi connectivity index (χ2n) is 9.42. The number of piperazine rings is 1. The first kappa shape index (κ1) is 23.6. The molecule has 1 amide bonds. The summed E-state index contributed by atoms with van der Waals surface area (Å²) in [5, 5.41) is 0. The monoisotopic (exact) mass is 451 g/mol. The molecule has 1 aliphatic carbocycles. The molecule has 0 unspecified atom stereocenters. The first-order chi connectivity index (χ1) is 16.0. The highest BCUT2D eigenvalue weighted by atomic mass is 16.5. The second-order valence-corrected chi connectivity index (χ2v) is 9.42. The van der Waals surface area contributed by atoms with Gasteiger partial charge in [-0.25, -0.2) is 0 Å². The Bertz CT molecular complexity index is 965. The van der Waals surface area contributed by atoms with Crippen molar-refractivity contribution in [2.45, 2.75) is 65.0 Å². The van der Waals surface area contributed by atoms with Crippen LogP contribution in [0.2, 0.25) is 0 Å². The van der Waals surface area contributed by atoms with Gasteiger partial charge in [-0.1, -0.05) is 19.3 Å². The number of carbonyl (C=O) groups excluding carboxylic acids is 2. The van der Waals surface area contributed by atoms with Gasteiger partial charge < -0.3 is 14.2 Å². The van der Waals surface area contributed by atoms with E-state index in [0.717, 1.165) is 60.5 Å². The highest BCUT2D eigenvalue weighted by Gasteiger charge is 2.27. The van der Waals surface area contributed by atoms with Gasteiger partial charge in [-0.15, -0.1) is 0 Å². The maximum atomic E-state index is 13.0. The van der Waals surface area contributed by atoms with Crippen molar-refractivity contribution in [2.75, 3.05) is 33.3 Å². The van der Waals surface area contributed by atoms with E-state index in [1.165, 1.54) is 32.1 Å². The molecule has 0 bridgehead atoms. The highest BCUT2D eigenvalue weighted by Crippen LogP contribution is 2.29. The molecule has 0 spiro atoms. The number of benzene rings is 1. The summed E-state index contributed by atoms with van der Waals surface area (Å²) in [4.78, 5) is 29.9. The number of rotatable bonds is 7. The number of Topliss-reactive ketones (excluding diaryl/α,β-unsaturated/α-hetero) is 1. The second kappa shape index (κ2) is 10.6. The molecule has 2 heterocycles. The van der Waals surface area contributed by atoms with Crippen molar-refractivity contribution in [3.8, 4) is 17.0 Å². The van der Waals surface area contributed by atoms with Gasteiger partial charge in [0.05, 0.1) is 7.11 Å². The molecule has 6 nitrogen and oxygen atoms in total. The van der Waals surface area contributed by atoms with Gasteiger partial charge in [0.2, 0.25) is 5.91 Å². The lowest BCUT2D eigenvalue weighted by atomic mass is 9.94. The van der Waals surface area contributed by atoms with Crippen LogP contribution in [0, 0.1) is 6.92 Å². The third-order valence-electron chi connectivity index (χ3n) is 7.44. The largest absolute Gasteiger partial charge is 0.497 e. The molecular formula is C27H37N3O3. The van der Waals surface area contributed by atoms with E-state index in [9.17, 15) is 9.59 Å². The minimum Gasteiger partial charge on any atom is -0.497 e. The van der Waals surface area contributed by atoms with Crippen LogP contribution < -0.4 is 4.74 Å². The summed E-state index contributed by atoms with van der Waals surface area (Å²) in [7, 11) is 1.65. The quantitative estimate of drug-likeness (QED) is 0.580. The fraction of sp³-hybridized carbons (Fsp3) is 0.556. The fourth-order valence-corrected chi connectivity index (χ4v) is 5.44. The topological polar surface area (TPSA) is 54.8 Å². The lowest BCUT2D eigenvalue weighted by Crippen LogP contribution is -2.52. The molecule has 0 radical (unpaired) electrons. The molecule has 33 heavy (non-hydrogen) atoms. The van der Waals surface area contributed by atoms with Gasteiger partial charge in [-0.2, -0.15) is 0 Å². The third-order valence-corrected chi connectivity index (χ3v) is 7.44. The van der Waals surface area contributed by atoms with Gasteiger partial charge in [0, 0.05) is 62.1 Å². The molecule has 6 heteroatoms. The average molecular weight is 452 g/mol. The van der Waals surface area contributed by atoms with Crippen LogP contribution >= 0.6 is 0 Å². The first-order valence-electron chi connectivity index (χ1n) is 12.3. The van der Waals surface area contributed by atoms with Gasteiger partial charge in [0.25, 0.3) is 0 Å². The number of hydrogen-bond acceptors (Lipinski definition) is 4. The first-order valence-corrected chi connectivity index (χ1v) is 12.3. The minimum absolute atomic E-state index is 0.0474. The smallest absolute Gasteiger partial charge is 0.224 e. The summed E-state index contributed by atoms with van der Waals surface area (Å²) < 4.78 is 7.40. The molecular weight excluding hydrogens is 414 g/mol. The van der Waals surface area contributed by atoms with E-state index in [1.54, 1.807) is 14.0 Å². The number of methoxy groups -OCH3 is 1. The maximum Gasteiger partial charge on any atom is 0.224 e. The molecule has 1 aromatic carbocycles. The van der Waals surface area contributed by atoms with Crippen LogP contribution in [0.1, 0.15) is 61.5 Å². The van der Waals surface area contributed by atoms with Crippen molar-refractivity contribution in [3.05, 3.63) is 41.6 Å². The Kier molecular flexibility index (Phi) is 7.53. The molecule has 2 fully saturated rings. The van der Waals surface area contributed by atoms with Gasteiger partial charge in [0.1, 0.15) is 5.75 Å². The zero-order valence-corrected chi connectivity index (χ0v) is 20.3. The Morgan fingerprint density at radius 1 is 1.00 bits per heavy atom. The number of carbonyl (C=O) groups is 2. The van der Waals surface area contributed by atoms with E-state index in [1.807, 2.05) is 42.2 Å².